The summed E-state index contributed by atoms with van der Waals surface area (Å²) < 4.78 is 10.8. The van der Waals surface area contributed by atoms with Crippen molar-refractivity contribution >= 4 is 0 Å². The summed E-state index contributed by atoms with van der Waals surface area (Å²) in [6.07, 6.45) is 6.74. The lowest BCUT2D eigenvalue weighted by atomic mass is 10.3. The third kappa shape index (κ3) is 2.08. The Morgan fingerprint density at radius 1 is 1.14 bits per heavy atom. The van der Waals surface area contributed by atoms with Crippen LogP contribution in [0.15, 0.2) is 36.4 Å². The first kappa shape index (κ1) is 9.13. The molecule has 0 saturated heterocycles. The quantitative estimate of drug-likeness (QED) is 0.682. The lowest BCUT2D eigenvalue weighted by Crippen LogP contribution is -2.09. The molecule has 0 aromatic heterocycles. The fourth-order valence-corrected chi connectivity index (χ4v) is 1.53. The molecular weight excluding hydrogens is 176 g/mol. The summed E-state index contributed by atoms with van der Waals surface area (Å²) in [6.45, 7) is 0. The van der Waals surface area contributed by atoms with Crippen molar-refractivity contribution in [3.63, 3.8) is 0 Å². The van der Waals surface area contributed by atoms with E-state index in [-0.39, 0.29) is 6.10 Å². The van der Waals surface area contributed by atoms with Crippen molar-refractivity contribution in [2.24, 2.45) is 0 Å². The predicted octanol–water partition coefficient (Wildman–Crippen LogP) is 2.79. The molecule has 1 aliphatic carbocycles. The van der Waals surface area contributed by atoms with Crippen molar-refractivity contribution in [3.8, 4) is 11.5 Å². The van der Waals surface area contributed by atoms with E-state index in [0.717, 1.165) is 24.3 Å². The Hall–Kier alpha value is -1.44. The zero-order valence-electron chi connectivity index (χ0n) is 8.27. The van der Waals surface area contributed by atoms with Gasteiger partial charge in [0, 0.05) is 0 Å². The number of methoxy groups -OCH3 is 1. The van der Waals surface area contributed by atoms with E-state index in [4.69, 9.17) is 9.47 Å². The molecule has 14 heavy (non-hydrogen) atoms. The Morgan fingerprint density at radius 3 is 2.43 bits per heavy atom. The Labute approximate surface area is 84.2 Å². The third-order valence-electron chi connectivity index (χ3n) is 2.32. The molecule has 0 bridgehead atoms. The molecule has 0 unspecified atom stereocenters. The van der Waals surface area contributed by atoms with E-state index in [0.29, 0.717) is 0 Å². The summed E-state index contributed by atoms with van der Waals surface area (Å²) in [5, 5.41) is 0. The average Bonchev–Trinajstić information content (AvgIpc) is 2.72. The second-order valence-corrected chi connectivity index (χ2v) is 3.34. The molecule has 1 aromatic rings. The van der Waals surface area contributed by atoms with Crippen LogP contribution in [0.2, 0.25) is 0 Å². The van der Waals surface area contributed by atoms with Crippen LogP contribution in [-0.4, -0.2) is 13.2 Å². The number of allylic oxidation sites excluding steroid dienone is 1. The molecule has 2 nitrogen and oxygen atoms in total. The van der Waals surface area contributed by atoms with E-state index >= 15 is 0 Å². The smallest absolute Gasteiger partial charge is 0.120 e. The molecule has 0 radical (unpaired) electrons. The van der Waals surface area contributed by atoms with E-state index in [9.17, 15) is 0 Å². The second kappa shape index (κ2) is 4.18. The fraction of sp³-hybridized carbons (Fsp3) is 0.333. The van der Waals surface area contributed by atoms with Gasteiger partial charge >= 0.3 is 0 Å². The monoisotopic (exact) mass is 190 g/mol. The molecule has 0 amide bonds. The molecule has 2 rings (SSSR count). The van der Waals surface area contributed by atoms with Crippen LogP contribution in [0.1, 0.15) is 12.8 Å². The standard InChI is InChI=1S/C12H14O2/c1-13-10-6-8-12(9-7-10)14-11-4-2-3-5-11/h2,4,6-9,11H,3,5H2,1H3/t11-/m0/s1. The molecule has 0 N–H and O–H groups in total. The molecule has 1 atom stereocenters. The number of hydrogen-bond donors (Lipinski definition) is 0. The molecule has 0 saturated carbocycles. The Balaban J connectivity index is 1.99. The Kier molecular flexibility index (Phi) is 2.73. The van der Waals surface area contributed by atoms with Crippen LogP contribution in [0.5, 0.6) is 11.5 Å². The van der Waals surface area contributed by atoms with Crippen LogP contribution in [-0.2, 0) is 0 Å². The van der Waals surface area contributed by atoms with Gasteiger partial charge in [-0.15, -0.1) is 0 Å². The molecule has 0 fully saturated rings. The highest BCUT2D eigenvalue weighted by molar-refractivity contribution is 5.31. The summed E-state index contributed by atoms with van der Waals surface area (Å²) in [4.78, 5) is 0. The first-order valence-corrected chi connectivity index (χ1v) is 4.86. The van der Waals surface area contributed by atoms with Gasteiger partial charge in [-0.25, -0.2) is 0 Å². The average molecular weight is 190 g/mol. The van der Waals surface area contributed by atoms with E-state index in [1.165, 1.54) is 0 Å². The first-order chi connectivity index (χ1) is 6.88. The lowest BCUT2D eigenvalue weighted by Gasteiger charge is -2.11. The van der Waals surface area contributed by atoms with Crippen molar-refractivity contribution in [1.29, 1.82) is 0 Å². The van der Waals surface area contributed by atoms with Gasteiger partial charge in [0.15, 0.2) is 0 Å². The van der Waals surface area contributed by atoms with Gasteiger partial charge in [0.05, 0.1) is 7.11 Å². The van der Waals surface area contributed by atoms with Gasteiger partial charge in [-0.05, 0) is 43.2 Å². The van der Waals surface area contributed by atoms with Crippen LogP contribution < -0.4 is 9.47 Å². The van der Waals surface area contributed by atoms with Crippen LogP contribution in [0.25, 0.3) is 0 Å². The predicted molar refractivity (Wildman–Crippen MR) is 55.8 cm³/mol. The van der Waals surface area contributed by atoms with Gasteiger partial charge in [-0.1, -0.05) is 6.08 Å². The molecular formula is C12H14O2. The minimum Gasteiger partial charge on any atom is -0.497 e. The van der Waals surface area contributed by atoms with Crippen LogP contribution in [0.3, 0.4) is 0 Å². The minimum atomic E-state index is 0.253. The number of hydrogen-bond acceptors (Lipinski definition) is 2. The maximum atomic E-state index is 5.73. The molecule has 1 aliphatic rings. The second-order valence-electron chi connectivity index (χ2n) is 3.34. The topological polar surface area (TPSA) is 18.5 Å². The van der Waals surface area contributed by atoms with Crippen LogP contribution >= 0.6 is 0 Å². The zero-order chi connectivity index (χ0) is 9.80. The van der Waals surface area contributed by atoms with Crippen molar-refractivity contribution in [1.82, 2.24) is 0 Å². The molecule has 1 aromatic carbocycles. The molecule has 0 aliphatic heterocycles. The summed E-state index contributed by atoms with van der Waals surface area (Å²) in [6, 6.07) is 7.69. The molecule has 2 heteroatoms. The van der Waals surface area contributed by atoms with Gasteiger partial charge in [0.25, 0.3) is 0 Å². The summed E-state index contributed by atoms with van der Waals surface area (Å²) in [5.74, 6) is 1.77. The molecule has 0 spiro atoms. The number of rotatable bonds is 3. The van der Waals surface area contributed by atoms with Gasteiger partial charge in [-0.2, -0.15) is 0 Å². The maximum absolute atomic E-state index is 5.73. The molecule has 0 heterocycles. The highest BCUT2D eigenvalue weighted by atomic mass is 16.5. The van der Waals surface area contributed by atoms with E-state index in [2.05, 4.69) is 12.2 Å². The molecule has 74 valence electrons. The third-order valence-corrected chi connectivity index (χ3v) is 2.32. The summed E-state index contributed by atoms with van der Waals surface area (Å²) in [7, 11) is 1.66. The lowest BCUT2D eigenvalue weighted by molar-refractivity contribution is 0.248. The van der Waals surface area contributed by atoms with Crippen molar-refractivity contribution < 1.29 is 9.47 Å². The van der Waals surface area contributed by atoms with Crippen molar-refractivity contribution in [2.75, 3.05) is 7.11 Å². The Bertz CT molecular complexity index is 314. The SMILES string of the molecule is COc1ccc(O[C@H]2C=CCC2)cc1. The highest BCUT2D eigenvalue weighted by Gasteiger charge is 2.10. The van der Waals surface area contributed by atoms with Gasteiger partial charge in [0.2, 0.25) is 0 Å². The first-order valence-electron chi connectivity index (χ1n) is 4.86. The highest BCUT2D eigenvalue weighted by Crippen LogP contribution is 2.21. The summed E-state index contributed by atoms with van der Waals surface area (Å²) >= 11 is 0. The minimum absolute atomic E-state index is 0.253. The van der Waals surface area contributed by atoms with E-state index in [1.807, 2.05) is 24.3 Å². The van der Waals surface area contributed by atoms with Gasteiger partial charge in [-0.3, -0.25) is 0 Å². The summed E-state index contributed by atoms with van der Waals surface area (Å²) in [5.41, 5.74) is 0. The van der Waals surface area contributed by atoms with Gasteiger partial charge in [0.1, 0.15) is 17.6 Å². The van der Waals surface area contributed by atoms with Crippen LogP contribution in [0, 0.1) is 0 Å². The van der Waals surface area contributed by atoms with E-state index < -0.39 is 0 Å². The fourth-order valence-electron chi connectivity index (χ4n) is 1.53. The van der Waals surface area contributed by atoms with Crippen molar-refractivity contribution in [3.05, 3.63) is 36.4 Å². The van der Waals surface area contributed by atoms with Gasteiger partial charge < -0.3 is 9.47 Å². The zero-order valence-corrected chi connectivity index (χ0v) is 8.27. The van der Waals surface area contributed by atoms with Crippen molar-refractivity contribution in [2.45, 2.75) is 18.9 Å². The number of benzene rings is 1. The maximum Gasteiger partial charge on any atom is 0.120 e. The normalized spacial score (nSPS) is 19.6. The number of ether oxygens (including phenoxy) is 2. The largest absolute Gasteiger partial charge is 0.497 e. The Morgan fingerprint density at radius 2 is 1.86 bits per heavy atom. The van der Waals surface area contributed by atoms with Crippen LogP contribution in [0.4, 0.5) is 0 Å². The van der Waals surface area contributed by atoms with E-state index in [1.54, 1.807) is 7.11 Å².